The van der Waals surface area contributed by atoms with Gasteiger partial charge < -0.3 is 4.57 Å². The van der Waals surface area contributed by atoms with Crippen molar-refractivity contribution in [3.8, 4) is 45.1 Å². The fourth-order valence-corrected chi connectivity index (χ4v) is 7.52. The highest BCUT2D eigenvalue weighted by Crippen LogP contribution is 2.47. The molecule has 1 heterocycles. The number of rotatable bonds is 4. The van der Waals surface area contributed by atoms with Crippen LogP contribution < -0.4 is 0 Å². The van der Waals surface area contributed by atoms with Gasteiger partial charge in [-0.15, -0.1) is 0 Å². The second-order valence-electron chi connectivity index (χ2n) is 12.3. The number of hydrogen-bond donors (Lipinski definition) is 0. The molecule has 0 aliphatic rings. The lowest BCUT2D eigenvalue weighted by atomic mass is 9.85. The summed E-state index contributed by atoms with van der Waals surface area (Å²) >= 11 is 0. The van der Waals surface area contributed by atoms with Crippen molar-refractivity contribution in [1.82, 2.24) is 4.57 Å². The molecule has 9 aromatic rings. The first-order chi connectivity index (χ1) is 24.2. The van der Waals surface area contributed by atoms with Gasteiger partial charge in [-0.25, -0.2) is 4.85 Å². The predicted octanol–water partition coefficient (Wildman–Crippen LogP) is 12.5. The third-order valence-electron chi connectivity index (χ3n) is 9.60. The molecule has 0 spiro atoms. The van der Waals surface area contributed by atoms with Gasteiger partial charge in [0.2, 0.25) is 0 Å². The van der Waals surface area contributed by atoms with Gasteiger partial charge in [0.25, 0.3) is 0 Å². The molecule has 3 nitrogen and oxygen atoms in total. The SMILES string of the molecule is [C-]#[N+]c1ccc(-c2cc(C#N)cc(-n3c4ccccc4c4ccccc43)c2)cc1-c1c2ccccc2c(-c2ccccc2)c2ccccc12. The van der Waals surface area contributed by atoms with Gasteiger partial charge in [0.15, 0.2) is 5.69 Å². The molecular weight excluding hydrogens is 595 g/mol. The van der Waals surface area contributed by atoms with E-state index in [1.807, 2.05) is 30.3 Å². The van der Waals surface area contributed by atoms with Crippen LogP contribution in [0.25, 0.3) is 87.3 Å². The Morgan fingerprint density at radius 2 is 1.00 bits per heavy atom. The highest BCUT2D eigenvalue weighted by molar-refractivity contribution is 6.22. The van der Waals surface area contributed by atoms with Gasteiger partial charge in [0, 0.05) is 16.5 Å². The maximum Gasteiger partial charge on any atom is 0.194 e. The second-order valence-corrected chi connectivity index (χ2v) is 12.3. The maximum atomic E-state index is 10.2. The van der Waals surface area contributed by atoms with Crippen molar-refractivity contribution in [3.63, 3.8) is 0 Å². The third-order valence-corrected chi connectivity index (χ3v) is 9.60. The Balaban J connectivity index is 1.31. The highest BCUT2D eigenvalue weighted by atomic mass is 15.0. The molecule has 49 heavy (non-hydrogen) atoms. The number of aromatic nitrogens is 1. The monoisotopic (exact) mass is 621 g/mol. The molecule has 0 bridgehead atoms. The zero-order valence-electron chi connectivity index (χ0n) is 26.4. The van der Waals surface area contributed by atoms with Crippen LogP contribution in [0.5, 0.6) is 0 Å². The summed E-state index contributed by atoms with van der Waals surface area (Å²) in [4.78, 5) is 4.03. The molecule has 226 valence electrons. The van der Waals surface area contributed by atoms with Crippen LogP contribution in [0.4, 0.5) is 5.69 Å². The molecule has 0 saturated carbocycles. The molecule has 0 atom stereocenters. The van der Waals surface area contributed by atoms with E-state index in [1.165, 1.54) is 16.3 Å². The zero-order chi connectivity index (χ0) is 32.9. The smallest absolute Gasteiger partial charge is 0.194 e. The molecule has 0 aliphatic heterocycles. The van der Waals surface area contributed by atoms with Gasteiger partial charge in [0.05, 0.1) is 29.2 Å². The Morgan fingerprint density at radius 3 is 1.57 bits per heavy atom. The summed E-state index contributed by atoms with van der Waals surface area (Å²) in [5.41, 5.74) is 10.4. The average Bonchev–Trinajstić information content (AvgIpc) is 3.51. The second kappa shape index (κ2) is 11.4. The van der Waals surface area contributed by atoms with E-state index in [4.69, 9.17) is 6.57 Å². The molecule has 0 saturated heterocycles. The molecule has 0 amide bonds. The van der Waals surface area contributed by atoms with Crippen molar-refractivity contribution < 1.29 is 0 Å². The summed E-state index contributed by atoms with van der Waals surface area (Å²) < 4.78 is 2.24. The normalized spacial score (nSPS) is 11.2. The van der Waals surface area contributed by atoms with Crippen LogP contribution in [0.2, 0.25) is 0 Å². The lowest BCUT2D eigenvalue weighted by molar-refractivity contribution is 1.18. The topological polar surface area (TPSA) is 33.1 Å². The van der Waals surface area contributed by atoms with Crippen LogP contribution in [0.15, 0.2) is 164 Å². The van der Waals surface area contributed by atoms with Crippen molar-refractivity contribution in [2.24, 2.45) is 0 Å². The largest absolute Gasteiger partial charge is 0.309 e. The Hall–Kier alpha value is -6.94. The van der Waals surface area contributed by atoms with Crippen LogP contribution in [-0.4, -0.2) is 4.57 Å². The summed E-state index contributed by atoms with van der Waals surface area (Å²) in [5, 5.41) is 17.0. The fourth-order valence-electron chi connectivity index (χ4n) is 7.52. The number of fused-ring (bicyclic) bond motifs is 5. The summed E-state index contributed by atoms with van der Waals surface area (Å²) in [6, 6.07) is 58.9. The summed E-state index contributed by atoms with van der Waals surface area (Å²) in [6.45, 7) is 8.23. The first-order valence-electron chi connectivity index (χ1n) is 16.3. The van der Waals surface area contributed by atoms with E-state index in [9.17, 15) is 5.26 Å². The van der Waals surface area contributed by atoms with Gasteiger partial charge in [-0.2, -0.15) is 5.26 Å². The fraction of sp³-hybridized carbons (Fsp3) is 0. The molecule has 0 radical (unpaired) electrons. The zero-order valence-corrected chi connectivity index (χ0v) is 26.4. The van der Waals surface area contributed by atoms with E-state index in [1.54, 1.807) is 0 Å². The number of para-hydroxylation sites is 2. The van der Waals surface area contributed by atoms with Crippen LogP contribution >= 0.6 is 0 Å². The molecule has 0 N–H and O–H groups in total. The van der Waals surface area contributed by atoms with Crippen molar-refractivity contribution in [2.75, 3.05) is 0 Å². The summed E-state index contributed by atoms with van der Waals surface area (Å²) in [7, 11) is 0. The van der Waals surface area contributed by atoms with Gasteiger partial charge in [-0.3, -0.25) is 0 Å². The Bertz CT molecular complexity index is 2740. The van der Waals surface area contributed by atoms with Crippen LogP contribution in [-0.2, 0) is 0 Å². The van der Waals surface area contributed by atoms with Crippen molar-refractivity contribution in [2.45, 2.75) is 0 Å². The van der Waals surface area contributed by atoms with E-state index >= 15 is 0 Å². The minimum atomic E-state index is 0.577. The Kier molecular flexibility index (Phi) is 6.58. The maximum absolute atomic E-state index is 10.2. The lowest BCUT2D eigenvalue weighted by Gasteiger charge is -2.19. The van der Waals surface area contributed by atoms with Gasteiger partial charge in [-0.1, -0.05) is 133 Å². The molecule has 8 aromatic carbocycles. The van der Waals surface area contributed by atoms with E-state index in [2.05, 4.69) is 149 Å². The van der Waals surface area contributed by atoms with Crippen molar-refractivity contribution >= 4 is 49.0 Å². The first kappa shape index (κ1) is 28.3. The molecule has 1 aromatic heterocycles. The van der Waals surface area contributed by atoms with E-state index in [-0.39, 0.29) is 0 Å². The van der Waals surface area contributed by atoms with E-state index in [0.29, 0.717) is 11.3 Å². The van der Waals surface area contributed by atoms with Gasteiger partial charge >= 0.3 is 0 Å². The molecule has 0 fully saturated rings. The predicted molar refractivity (Wildman–Crippen MR) is 203 cm³/mol. The summed E-state index contributed by atoms with van der Waals surface area (Å²) in [5.74, 6) is 0. The van der Waals surface area contributed by atoms with Crippen LogP contribution in [0.3, 0.4) is 0 Å². The van der Waals surface area contributed by atoms with Crippen molar-refractivity contribution in [1.29, 1.82) is 5.26 Å². The number of hydrogen-bond acceptors (Lipinski definition) is 1. The molecular formula is C46H27N3. The average molecular weight is 622 g/mol. The molecule has 3 heteroatoms. The third kappa shape index (κ3) is 4.49. The lowest BCUT2D eigenvalue weighted by Crippen LogP contribution is -1.96. The summed E-state index contributed by atoms with van der Waals surface area (Å²) in [6.07, 6.45) is 0. The van der Waals surface area contributed by atoms with E-state index < -0.39 is 0 Å². The number of benzene rings is 8. The Morgan fingerprint density at radius 1 is 0.469 bits per heavy atom. The minimum Gasteiger partial charge on any atom is -0.309 e. The Labute approximate surface area is 284 Å². The minimum absolute atomic E-state index is 0.577. The quantitative estimate of drug-likeness (QED) is 0.142. The van der Waals surface area contributed by atoms with Gasteiger partial charge in [-0.05, 0) is 85.3 Å². The standard InChI is InChI=1S/C46H27N3/c1-48-42-24-23-32(33-25-30(29-47)26-34(27-33)49-43-21-11-9-15-35(43)36-16-10-12-22-44(36)49)28-41(42)46-39-19-7-5-17-37(39)45(31-13-3-2-4-14-31)38-18-6-8-20-40(38)46/h2-28H. The van der Waals surface area contributed by atoms with Crippen LogP contribution in [0, 0.1) is 17.9 Å². The van der Waals surface area contributed by atoms with E-state index in [0.717, 1.165) is 66.1 Å². The number of nitriles is 1. The molecule has 0 aliphatic carbocycles. The molecule has 9 rings (SSSR count). The van der Waals surface area contributed by atoms with Crippen LogP contribution in [0.1, 0.15) is 5.56 Å². The first-order valence-corrected chi connectivity index (χ1v) is 16.3. The number of nitrogens with zero attached hydrogens (tertiary/aromatic N) is 3. The van der Waals surface area contributed by atoms with Crippen molar-refractivity contribution in [3.05, 3.63) is 181 Å². The van der Waals surface area contributed by atoms with Gasteiger partial charge in [0.1, 0.15) is 0 Å². The highest BCUT2D eigenvalue weighted by Gasteiger charge is 2.20. The molecule has 0 unspecified atom stereocenters.